The molecule has 7 rings (SSSR count). The molecule has 8 heteroatoms. The zero-order valence-electron chi connectivity index (χ0n) is 23.2. The van der Waals surface area contributed by atoms with Gasteiger partial charge in [0.2, 0.25) is 5.95 Å². The normalized spacial score (nSPS) is 12.6. The van der Waals surface area contributed by atoms with Gasteiger partial charge in [0.05, 0.1) is 24.2 Å². The van der Waals surface area contributed by atoms with Crippen molar-refractivity contribution in [1.29, 1.82) is 0 Å². The molecule has 0 fully saturated rings. The average molecular weight is 555 g/mol. The SMILES string of the molecule is COc1cc(-c2nc3ccccn3c2-c2ccnc(Nc3ccc4c(c3)CCNC4)n2)ccc1OCc1ccccc1. The summed E-state index contributed by atoms with van der Waals surface area (Å²) in [5.74, 6) is 1.84. The predicted octanol–water partition coefficient (Wildman–Crippen LogP) is 6.44. The van der Waals surface area contributed by atoms with Gasteiger partial charge in [-0.2, -0.15) is 0 Å². The van der Waals surface area contributed by atoms with Crippen molar-refractivity contribution >= 4 is 17.3 Å². The molecule has 0 saturated heterocycles. The molecule has 0 saturated carbocycles. The van der Waals surface area contributed by atoms with Crippen LogP contribution in [0.2, 0.25) is 0 Å². The Morgan fingerprint density at radius 1 is 0.881 bits per heavy atom. The smallest absolute Gasteiger partial charge is 0.227 e. The number of ether oxygens (including phenoxy) is 2. The van der Waals surface area contributed by atoms with Crippen molar-refractivity contribution in [3.63, 3.8) is 0 Å². The van der Waals surface area contributed by atoms with Crippen LogP contribution in [0, 0.1) is 0 Å². The minimum Gasteiger partial charge on any atom is -0.493 e. The van der Waals surface area contributed by atoms with Crippen molar-refractivity contribution in [3.8, 4) is 34.1 Å². The highest BCUT2D eigenvalue weighted by atomic mass is 16.5. The van der Waals surface area contributed by atoms with Gasteiger partial charge in [0, 0.05) is 30.2 Å². The molecule has 4 heterocycles. The standard InChI is InChI=1S/C34H30N6O2/c1-41-30-20-25(11-13-29(30)42-22-23-7-3-2-4-8-23)32-33(40-18-6-5-9-31(40)39-32)28-15-17-36-34(38-28)37-27-12-10-26-21-35-16-14-24(26)19-27/h2-13,15,17-20,35H,14,16,21-22H2,1H3,(H,36,37,38). The van der Waals surface area contributed by atoms with Crippen LogP contribution in [0.3, 0.4) is 0 Å². The van der Waals surface area contributed by atoms with Crippen LogP contribution in [0.5, 0.6) is 11.5 Å². The van der Waals surface area contributed by atoms with E-state index >= 15 is 0 Å². The summed E-state index contributed by atoms with van der Waals surface area (Å²) in [5, 5.41) is 6.83. The Morgan fingerprint density at radius 3 is 2.69 bits per heavy atom. The number of nitrogens with one attached hydrogen (secondary N) is 2. The second kappa shape index (κ2) is 11.3. The Morgan fingerprint density at radius 2 is 1.79 bits per heavy atom. The monoisotopic (exact) mass is 554 g/mol. The number of methoxy groups -OCH3 is 1. The number of hydrogen-bond acceptors (Lipinski definition) is 7. The number of hydrogen-bond donors (Lipinski definition) is 2. The van der Waals surface area contributed by atoms with Gasteiger partial charge in [0.1, 0.15) is 12.3 Å². The van der Waals surface area contributed by atoms with Crippen molar-refractivity contribution in [2.45, 2.75) is 19.6 Å². The molecular formula is C34H30N6O2. The molecule has 1 aliphatic rings. The first-order valence-corrected chi connectivity index (χ1v) is 14.0. The predicted molar refractivity (Wildman–Crippen MR) is 164 cm³/mol. The van der Waals surface area contributed by atoms with Crippen LogP contribution < -0.4 is 20.1 Å². The van der Waals surface area contributed by atoms with Gasteiger partial charge >= 0.3 is 0 Å². The molecule has 8 nitrogen and oxygen atoms in total. The van der Waals surface area contributed by atoms with E-state index in [1.807, 2.05) is 79.0 Å². The highest BCUT2D eigenvalue weighted by Gasteiger charge is 2.19. The van der Waals surface area contributed by atoms with Crippen LogP contribution in [0.1, 0.15) is 16.7 Å². The molecule has 42 heavy (non-hydrogen) atoms. The van der Waals surface area contributed by atoms with E-state index < -0.39 is 0 Å². The van der Waals surface area contributed by atoms with Crippen LogP contribution in [0.4, 0.5) is 11.6 Å². The van der Waals surface area contributed by atoms with Crippen LogP contribution in [-0.4, -0.2) is 33.0 Å². The van der Waals surface area contributed by atoms with Gasteiger partial charge in [-0.3, -0.25) is 4.40 Å². The van der Waals surface area contributed by atoms with E-state index in [0.29, 0.717) is 24.1 Å². The van der Waals surface area contributed by atoms with E-state index in [9.17, 15) is 0 Å². The average Bonchev–Trinajstić information content (AvgIpc) is 3.44. The van der Waals surface area contributed by atoms with E-state index in [-0.39, 0.29) is 0 Å². The second-order valence-electron chi connectivity index (χ2n) is 10.2. The van der Waals surface area contributed by atoms with E-state index in [0.717, 1.165) is 59.1 Å². The lowest BCUT2D eigenvalue weighted by Crippen LogP contribution is -2.23. The van der Waals surface area contributed by atoms with E-state index in [2.05, 4.69) is 38.2 Å². The maximum absolute atomic E-state index is 6.10. The summed E-state index contributed by atoms with van der Waals surface area (Å²) < 4.78 is 13.9. The Balaban J connectivity index is 1.23. The lowest BCUT2D eigenvalue weighted by Gasteiger charge is -2.18. The molecule has 6 aromatic rings. The Labute approximate surface area is 244 Å². The third kappa shape index (κ3) is 5.15. The quantitative estimate of drug-likeness (QED) is 0.224. The molecule has 208 valence electrons. The van der Waals surface area contributed by atoms with E-state index in [4.69, 9.17) is 19.4 Å². The molecule has 0 bridgehead atoms. The maximum Gasteiger partial charge on any atom is 0.227 e. The molecule has 0 spiro atoms. The van der Waals surface area contributed by atoms with Gasteiger partial charge in [-0.1, -0.05) is 42.5 Å². The number of imidazole rings is 1. The summed E-state index contributed by atoms with van der Waals surface area (Å²) in [6.07, 6.45) is 4.79. The lowest BCUT2D eigenvalue weighted by atomic mass is 10.0. The molecule has 3 aromatic heterocycles. The maximum atomic E-state index is 6.10. The van der Waals surface area contributed by atoms with Crippen molar-refractivity contribution in [1.82, 2.24) is 24.7 Å². The number of aromatic nitrogens is 4. The van der Waals surface area contributed by atoms with Crippen LogP contribution >= 0.6 is 0 Å². The highest BCUT2D eigenvalue weighted by Crippen LogP contribution is 2.37. The molecule has 1 aliphatic heterocycles. The molecule has 0 unspecified atom stereocenters. The first-order valence-electron chi connectivity index (χ1n) is 14.0. The fourth-order valence-electron chi connectivity index (χ4n) is 5.35. The minimum atomic E-state index is 0.452. The molecule has 0 atom stereocenters. The molecule has 0 radical (unpaired) electrons. The summed E-state index contributed by atoms with van der Waals surface area (Å²) >= 11 is 0. The van der Waals surface area contributed by atoms with Gasteiger partial charge in [-0.25, -0.2) is 15.0 Å². The van der Waals surface area contributed by atoms with Gasteiger partial charge in [0.25, 0.3) is 0 Å². The Kier molecular flexibility index (Phi) is 6.95. The zero-order chi connectivity index (χ0) is 28.3. The van der Waals surface area contributed by atoms with E-state index in [1.165, 1.54) is 11.1 Å². The summed E-state index contributed by atoms with van der Waals surface area (Å²) in [7, 11) is 1.65. The third-order valence-corrected chi connectivity index (χ3v) is 7.45. The second-order valence-corrected chi connectivity index (χ2v) is 10.2. The molecular weight excluding hydrogens is 524 g/mol. The fraction of sp³-hybridized carbons (Fsp3) is 0.147. The van der Waals surface area contributed by atoms with Crippen LogP contribution in [-0.2, 0) is 19.6 Å². The van der Waals surface area contributed by atoms with Gasteiger partial charge in [-0.05, 0) is 78.2 Å². The third-order valence-electron chi connectivity index (χ3n) is 7.45. The number of nitrogens with zero attached hydrogens (tertiary/aromatic N) is 4. The summed E-state index contributed by atoms with van der Waals surface area (Å²) in [6, 6.07) is 30.3. The summed E-state index contributed by atoms with van der Waals surface area (Å²) in [4.78, 5) is 14.5. The van der Waals surface area contributed by atoms with Crippen molar-refractivity contribution in [2.75, 3.05) is 19.0 Å². The lowest BCUT2D eigenvalue weighted by molar-refractivity contribution is 0.284. The number of benzene rings is 3. The largest absolute Gasteiger partial charge is 0.493 e. The van der Waals surface area contributed by atoms with Crippen molar-refractivity contribution in [3.05, 3.63) is 120 Å². The summed E-state index contributed by atoms with van der Waals surface area (Å²) in [6.45, 7) is 2.35. The molecule has 0 aliphatic carbocycles. The van der Waals surface area contributed by atoms with Crippen LogP contribution in [0.25, 0.3) is 28.3 Å². The number of fused-ring (bicyclic) bond motifs is 2. The van der Waals surface area contributed by atoms with Gasteiger partial charge < -0.3 is 20.1 Å². The first kappa shape index (κ1) is 25.7. The topological polar surface area (TPSA) is 85.6 Å². The van der Waals surface area contributed by atoms with Crippen molar-refractivity contribution < 1.29 is 9.47 Å². The Bertz CT molecular complexity index is 1870. The van der Waals surface area contributed by atoms with Gasteiger partial charge in [-0.15, -0.1) is 0 Å². The number of anilines is 2. The van der Waals surface area contributed by atoms with Crippen LogP contribution in [0.15, 0.2) is 103 Å². The first-order chi connectivity index (χ1) is 20.7. The zero-order valence-corrected chi connectivity index (χ0v) is 23.2. The van der Waals surface area contributed by atoms with E-state index in [1.54, 1.807) is 13.3 Å². The minimum absolute atomic E-state index is 0.452. The molecule has 0 amide bonds. The molecule has 2 N–H and O–H groups in total. The van der Waals surface area contributed by atoms with Gasteiger partial charge in [0.15, 0.2) is 11.5 Å². The molecule has 3 aromatic carbocycles. The number of pyridine rings is 1. The Hall–Kier alpha value is -5.21. The van der Waals surface area contributed by atoms with Crippen molar-refractivity contribution in [2.24, 2.45) is 0 Å². The fourth-order valence-corrected chi connectivity index (χ4v) is 5.35. The highest BCUT2D eigenvalue weighted by molar-refractivity contribution is 5.82. The number of rotatable bonds is 8. The summed E-state index contributed by atoms with van der Waals surface area (Å²) in [5.41, 5.74) is 8.89.